The minimum Gasteiger partial charge on any atom is -0.373 e. The quantitative estimate of drug-likeness (QED) is 0.655. The summed E-state index contributed by atoms with van der Waals surface area (Å²) in [6.45, 7) is 3.62. The maximum atomic E-state index is 5.38. The van der Waals surface area contributed by atoms with Crippen molar-refractivity contribution < 1.29 is 4.74 Å². The molecule has 0 saturated carbocycles. The Kier molecular flexibility index (Phi) is 2.80. The van der Waals surface area contributed by atoms with E-state index in [0.717, 1.165) is 13.2 Å². The Balaban J connectivity index is 2.26. The van der Waals surface area contributed by atoms with Crippen LogP contribution in [0.3, 0.4) is 0 Å². The van der Waals surface area contributed by atoms with E-state index in [1.165, 1.54) is 16.7 Å². The molecule has 1 nitrogen and oxygen atoms in total. The molecule has 0 saturated heterocycles. The molecule has 1 heteroatoms. The van der Waals surface area contributed by atoms with Crippen LogP contribution < -0.4 is 0 Å². The Labute approximate surface area is 84.7 Å². The van der Waals surface area contributed by atoms with Crippen molar-refractivity contribution in [3.8, 4) is 0 Å². The van der Waals surface area contributed by atoms with Gasteiger partial charge in [-0.2, -0.15) is 0 Å². The van der Waals surface area contributed by atoms with E-state index in [2.05, 4.69) is 43.3 Å². The molecule has 0 N–H and O–H groups in total. The Morgan fingerprint density at radius 2 is 2.00 bits per heavy atom. The average Bonchev–Trinajstić information content (AvgIpc) is 2.23. The minimum absolute atomic E-state index is 0.733. The van der Waals surface area contributed by atoms with Crippen LogP contribution in [0.15, 0.2) is 47.6 Å². The highest BCUT2D eigenvalue weighted by atomic mass is 16.5. The molecule has 0 unspecified atom stereocenters. The number of rotatable bonds is 1. The van der Waals surface area contributed by atoms with Gasteiger partial charge in [0.2, 0.25) is 0 Å². The zero-order chi connectivity index (χ0) is 9.80. The summed E-state index contributed by atoms with van der Waals surface area (Å²) in [4.78, 5) is 0. The van der Waals surface area contributed by atoms with Crippen LogP contribution in [0.5, 0.6) is 0 Å². The topological polar surface area (TPSA) is 9.23 Å². The number of hydrogen-bond donors (Lipinski definition) is 0. The molecule has 0 spiro atoms. The highest BCUT2D eigenvalue weighted by Gasteiger charge is 2.05. The fraction of sp³-hybridized carbons (Fsp3) is 0.231. The number of benzene rings is 1. The van der Waals surface area contributed by atoms with Crippen LogP contribution in [0.2, 0.25) is 0 Å². The molecule has 0 atom stereocenters. The van der Waals surface area contributed by atoms with Gasteiger partial charge in [0.1, 0.15) is 0 Å². The predicted octanol–water partition coefficient (Wildman–Crippen LogP) is 3.05. The molecule has 1 heterocycles. The molecular weight excluding hydrogens is 172 g/mol. The van der Waals surface area contributed by atoms with Gasteiger partial charge in [0.05, 0.1) is 13.2 Å². The van der Waals surface area contributed by atoms with E-state index < -0.39 is 0 Å². The van der Waals surface area contributed by atoms with E-state index >= 15 is 0 Å². The van der Waals surface area contributed by atoms with E-state index in [1.807, 2.05) is 6.07 Å². The zero-order valence-electron chi connectivity index (χ0n) is 8.36. The molecule has 1 aliphatic heterocycles. The molecule has 0 aromatic heterocycles. The van der Waals surface area contributed by atoms with Crippen molar-refractivity contribution >= 4 is 6.08 Å². The summed E-state index contributed by atoms with van der Waals surface area (Å²) in [5.74, 6) is 0. The minimum atomic E-state index is 0.733. The molecule has 2 rings (SSSR count). The molecule has 0 amide bonds. The molecular formula is C13H14O. The number of hydrogen-bond acceptors (Lipinski definition) is 1. The smallest absolute Gasteiger partial charge is 0.0723 e. The third-order valence-corrected chi connectivity index (χ3v) is 2.41. The highest BCUT2D eigenvalue weighted by molar-refractivity contribution is 5.58. The van der Waals surface area contributed by atoms with E-state index in [4.69, 9.17) is 4.74 Å². The Morgan fingerprint density at radius 3 is 2.71 bits per heavy atom. The monoisotopic (exact) mass is 186 g/mol. The first-order valence-electron chi connectivity index (χ1n) is 4.87. The predicted molar refractivity (Wildman–Crippen MR) is 59.0 cm³/mol. The first kappa shape index (κ1) is 9.22. The van der Waals surface area contributed by atoms with Crippen LogP contribution in [0, 0.1) is 0 Å². The molecule has 0 bridgehead atoms. The first-order chi connectivity index (χ1) is 6.86. The number of ether oxygens (including phenoxy) is 1. The average molecular weight is 186 g/mol. The van der Waals surface area contributed by atoms with Crippen molar-refractivity contribution in [1.82, 2.24) is 0 Å². The van der Waals surface area contributed by atoms with Gasteiger partial charge in [0, 0.05) is 0 Å². The van der Waals surface area contributed by atoms with Crippen LogP contribution >= 0.6 is 0 Å². The van der Waals surface area contributed by atoms with Gasteiger partial charge in [-0.1, -0.05) is 36.4 Å². The third kappa shape index (κ3) is 2.12. The molecule has 0 aliphatic carbocycles. The van der Waals surface area contributed by atoms with Gasteiger partial charge in [-0.3, -0.25) is 0 Å². The Hall–Kier alpha value is -1.34. The van der Waals surface area contributed by atoms with Crippen molar-refractivity contribution in [1.29, 1.82) is 0 Å². The van der Waals surface area contributed by atoms with Gasteiger partial charge in [0.25, 0.3) is 0 Å². The summed E-state index contributed by atoms with van der Waals surface area (Å²) in [7, 11) is 0. The van der Waals surface area contributed by atoms with Crippen molar-refractivity contribution in [2.45, 2.75) is 6.92 Å². The first-order valence-corrected chi connectivity index (χ1v) is 4.87. The summed E-state index contributed by atoms with van der Waals surface area (Å²) in [6, 6.07) is 10.3. The zero-order valence-corrected chi connectivity index (χ0v) is 8.36. The molecule has 1 aliphatic rings. The molecule has 14 heavy (non-hydrogen) atoms. The molecule has 0 fully saturated rings. The van der Waals surface area contributed by atoms with Crippen LogP contribution in [-0.2, 0) is 4.74 Å². The van der Waals surface area contributed by atoms with Crippen molar-refractivity contribution in [3.05, 3.63) is 53.1 Å². The Bertz CT molecular complexity index is 360. The molecule has 72 valence electrons. The van der Waals surface area contributed by atoms with Gasteiger partial charge in [-0.15, -0.1) is 0 Å². The normalized spacial score (nSPS) is 19.5. The maximum Gasteiger partial charge on any atom is 0.0723 e. The lowest BCUT2D eigenvalue weighted by molar-refractivity contribution is 0.181. The third-order valence-electron chi connectivity index (χ3n) is 2.41. The fourth-order valence-electron chi connectivity index (χ4n) is 1.50. The summed E-state index contributed by atoms with van der Waals surface area (Å²) < 4.78 is 5.38. The van der Waals surface area contributed by atoms with E-state index in [0.29, 0.717) is 0 Å². The maximum absolute atomic E-state index is 5.38. The second-order valence-electron chi connectivity index (χ2n) is 3.48. The van der Waals surface area contributed by atoms with E-state index in [1.54, 1.807) is 0 Å². The Morgan fingerprint density at radius 1 is 1.21 bits per heavy atom. The highest BCUT2D eigenvalue weighted by Crippen LogP contribution is 2.17. The van der Waals surface area contributed by atoms with Crippen molar-refractivity contribution in [3.63, 3.8) is 0 Å². The van der Waals surface area contributed by atoms with Crippen LogP contribution in [0.1, 0.15) is 12.5 Å². The van der Waals surface area contributed by atoms with Crippen molar-refractivity contribution in [2.75, 3.05) is 13.2 Å². The summed E-state index contributed by atoms with van der Waals surface area (Å²) in [6.07, 6.45) is 4.31. The molecule has 1 aromatic carbocycles. The van der Waals surface area contributed by atoms with Crippen molar-refractivity contribution in [2.24, 2.45) is 0 Å². The lowest BCUT2D eigenvalue weighted by atomic mass is 10.0. The van der Waals surface area contributed by atoms with Gasteiger partial charge in [0.15, 0.2) is 0 Å². The summed E-state index contributed by atoms with van der Waals surface area (Å²) >= 11 is 0. The lowest BCUT2D eigenvalue weighted by Crippen LogP contribution is -2.06. The summed E-state index contributed by atoms with van der Waals surface area (Å²) in [5, 5.41) is 0. The second-order valence-corrected chi connectivity index (χ2v) is 3.48. The standard InChI is InChI=1S/C13H14O/c1-11-7-8-14-10-13(11)9-12-5-3-2-4-6-12/h2-7,9H,8,10H2,1H3/b13-9-. The van der Waals surface area contributed by atoms with Crippen LogP contribution in [0.25, 0.3) is 6.08 Å². The molecule has 1 aromatic rings. The molecule has 0 radical (unpaired) electrons. The summed E-state index contributed by atoms with van der Waals surface area (Å²) in [5.41, 5.74) is 3.85. The fourth-order valence-corrected chi connectivity index (χ4v) is 1.50. The SMILES string of the molecule is CC1=CCOC/C1=C/c1ccccc1. The van der Waals surface area contributed by atoms with Crippen LogP contribution in [-0.4, -0.2) is 13.2 Å². The lowest BCUT2D eigenvalue weighted by Gasteiger charge is -2.14. The van der Waals surface area contributed by atoms with Gasteiger partial charge in [-0.25, -0.2) is 0 Å². The van der Waals surface area contributed by atoms with E-state index in [-0.39, 0.29) is 0 Å². The second kappa shape index (κ2) is 4.25. The van der Waals surface area contributed by atoms with Gasteiger partial charge in [-0.05, 0) is 29.7 Å². The van der Waals surface area contributed by atoms with Crippen LogP contribution in [0.4, 0.5) is 0 Å². The largest absolute Gasteiger partial charge is 0.373 e. The van der Waals surface area contributed by atoms with E-state index in [9.17, 15) is 0 Å². The van der Waals surface area contributed by atoms with Gasteiger partial charge >= 0.3 is 0 Å². The van der Waals surface area contributed by atoms with Gasteiger partial charge < -0.3 is 4.74 Å².